The van der Waals surface area contributed by atoms with E-state index in [1.807, 2.05) is 0 Å². The van der Waals surface area contributed by atoms with Crippen LogP contribution in [0.15, 0.2) is 53.2 Å². The highest BCUT2D eigenvalue weighted by molar-refractivity contribution is 6.31. The molecule has 2 aromatic heterocycles. The first kappa shape index (κ1) is 29.5. The topological polar surface area (TPSA) is 86.5 Å². The molecule has 7 nitrogen and oxygen atoms in total. The molecule has 2 heterocycles. The number of Topliss-reactive ketones (excluding diaryl/α,β-unsaturated/α-hetero) is 1. The lowest BCUT2D eigenvalue weighted by atomic mass is 10.1. The van der Waals surface area contributed by atoms with Gasteiger partial charge < -0.3 is 24.0 Å². The summed E-state index contributed by atoms with van der Waals surface area (Å²) >= 11 is 5.92. The van der Waals surface area contributed by atoms with Crippen molar-refractivity contribution in [3.8, 4) is 29.3 Å². The number of fused-ring (bicyclic) bond motifs is 1. The molecule has 204 valence electrons. The second kappa shape index (κ2) is 14.2. The lowest BCUT2D eigenvalue weighted by molar-refractivity contribution is -0.117. The number of furan rings is 1. The lowest BCUT2D eigenvalue weighted by Gasteiger charge is -2.13. The zero-order valence-electron chi connectivity index (χ0n) is 21.1. The van der Waals surface area contributed by atoms with Crippen molar-refractivity contribution in [3.63, 3.8) is 0 Å². The number of hydrogen-bond acceptors (Lipinski definition) is 7. The van der Waals surface area contributed by atoms with Crippen LogP contribution in [0.4, 0.5) is 15.9 Å². The van der Waals surface area contributed by atoms with E-state index in [4.69, 9.17) is 25.5 Å². The van der Waals surface area contributed by atoms with Crippen LogP contribution in [0.5, 0.6) is 17.4 Å². The van der Waals surface area contributed by atoms with Crippen LogP contribution >= 0.6 is 11.6 Å². The predicted octanol–water partition coefficient (Wildman–Crippen LogP) is 8.48. The molecule has 0 aliphatic carbocycles. The van der Waals surface area contributed by atoms with E-state index in [0.717, 1.165) is 32.1 Å². The number of rotatable bonds is 11. The van der Waals surface area contributed by atoms with Gasteiger partial charge in [-0.3, -0.25) is 0 Å². The van der Waals surface area contributed by atoms with Crippen molar-refractivity contribution >= 4 is 39.8 Å². The molecule has 0 bridgehead atoms. The van der Waals surface area contributed by atoms with Crippen molar-refractivity contribution in [2.45, 2.75) is 52.9 Å². The fourth-order valence-corrected chi connectivity index (χ4v) is 3.94. The van der Waals surface area contributed by atoms with E-state index < -0.39 is 5.82 Å². The van der Waals surface area contributed by atoms with Crippen LogP contribution in [-0.2, 0) is 4.79 Å². The molecule has 0 radical (unpaired) electrons. The Balaban J connectivity index is 0.00000420. The summed E-state index contributed by atoms with van der Waals surface area (Å²) < 4.78 is 30.8. The number of methoxy groups -OCH3 is 1. The number of nitrogens with zero attached hydrogens (tertiary/aromatic N) is 2. The van der Waals surface area contributed by atoms with Gasteiger partial charge >= 0.3 is 0 Å². The van der Waals surface area contributed by atoms with Crippen molar-refractivity contribution in [1.29, 1.82) is 0 Å². The van der Waals surface area contributed by atoms with Crippen LogP contribution in [0.2, 0.25) is 5.02 Å². The van der Waals surface area contributed by atoms with Gasteiger partial charge in [-0.25, -0.2) is 14.4 Å². The number of carbonyl (C=O) groups excluding carboxylic acids is 1. The smallest absolute Gasteiger partial charge is 0.291 e. The quantitative estimate of drug-likeness (QED) is 0.148. The third-order valence-electron chi connectivity index (χ3n) is 5.69. The van der Waals surface area contributed by atoms with E-state index in [2.05, 4.69) is 27.1 Å². The van der Waals surface area contributed by atoms with E-state index in [0.29, 0.717) is 46.1 Å². The van der Waals surface area contributed by atoms with Crippen LogP contribution in [0, 0.1) is 17.7 Å². The van der Waals surface area contributed by atoms with E-state index in [9.17, 15) is 9.18 Å². The molecule has 39 heavy (non-hydrogen) atoms. The minimum atomic E-state index is -0.506. The van der Waals surface area contributed by atoms with E-state index in [1.165, 1.54) is 25.6 Å². The summed E-state index contributed by atoms with van der Waals surface area (Å²) in [5.41, 5.74) is 1.19. The number of unbranched alkanes of at least 4 members (excludes halogenated alkanes) is 4. The second-order valence-corrected chi connectivity index (χ2v) is 9.04. The van der Waals surface area contributed by atoms with E-state index in [-0.39, 0.29) is 24.2 Å². The number of ketones is 1. The summed E-state index contributed by atoms with van der Waals surface area (Å²) in [6.45, 7) is 1.62. The first-order valence-electron chi connectivity index (χ1n) is 12.2. The minimum absolute atomic E-state index is 0. The monoisotopic (exact) mass is 551 g/mol. The maximum absolute atomic E-state index is 13.6. The molecule has 0 spiro atoms. The number of carbonyl (C=O) groups is 1. The lowest BCUT2D eigenvalue weighted by Crippen LogP contribution is -1.98. The number of benzene rings is 2. The van der Waals surface area contributed by atoms with Gasteiger partial charge in [0.05, 0.1) is 17.6 Å². The van der Waals surface area contributed by atoms with E-state index >= 15 is 0 Å². The Morgan fingerprint density at radius 3 is 2.67 bits per heavy atom. The van der Waals surface area contributed by atoms with Gasteiger partial charge in [0, 0.05) is 36.0 Å². The molecular formula is C30H31ClFN3O4. The van der Waals surface area contributed by atoms with Crippen molar-refractivity contribution in [3.05, 3.63) is 65.4 Å². The third-order valence-corrected chi connectivity index (χ3v) is 5.98. The van der Waals surface area contributed by atoms with Gasteiger partial charge in [0.1, 0.15) is 23.7 Å². The van der Waals surface area contributed by atoms with Crippen LogP contribution in [0.1, 0.15) is 58.6 Å². The molecule has 4 aromatic rings. The van der Waals surface area contributed by atoms with Gasteiger partial charge in [-0.15, -0.1) is 0 Å². The van der Waals surface area contributed by atoms with Crippen LogP contribution in [0.25, 0.3) is 10.9 Å². The van der Waals surface area contributed by atoms with Gasteiger partial charge in [-0.05, 0) is 56.0 Å². The number of halogens is 2. The summed E-state index contributed by atoms with van der Waals surface area (Å²) in [7, 11) is 1.54. The molecule has 0 unspecified atom stereocenters. The molecule has 0 amide bonds. The first-order valence-corrected chi connectivity index (χ1v) is 12.6. The Kier molecular flexibility index (Phi) is 10.7. The summed E-state index contributed by atoms with van der Waals surface area (Å²) in [6, 6.07) is 11.2. The zero-order chi connectivity index (χ0) is 26.9. The zero-order valence-corrected chi connectivity index (χ0v) is 21.9. The third kappa shape index (κ3) is 8.20. The molecule has 0 atom stereocenters. The minimum Gasteiger partial charge on any atom is -0.493 e. The number of ether oxygens (including phenoxy) is 2. The highest BCUT2D eigenvalue weighted by Gasteiger charge is 2.14. The maximum atomic E-state index is 13.6. The summed E-state index contributed by atoms with van der Waals surface area (Å²) in [5, 5.41) is 3.79. The Bertz CT molecular complexity index is 1490. The molecule has 0 fully saturated rings. The molecule has 2 aromatic carbocycles. The Morgan fingerprint density at radius 2 is 1.90 bits per heavy atom. The molecular weight excluding hydrogens is 521 g/mol. The molecule has 0 saturated carbocycles. The Morgan fingerprint density at radius 1 is 1.08 bits per heavy atom. The Labute approximate surface area is 232 Å². The molecule has 4 rings (SSSR count). The highest BCUT2D eigenvalue weighted by atomic mass is 35.5. The first-order chi connectivity index (χ1) is 18.4. The van der Waals surface area contributed by atoms with Crippen molar-refractivity contribution in [2.75, 3.05) is 12.4 Å². The van der Waals surface area contributed by atoms with Gasteiger partial charge in [-0.1, -0.05) is 37.8 Å². The van der Waals surface area contributed by atoms with Crippen molar-refractivity contribution in [2.24, 2.45) is 0 Å². The largest absolute Gasteiger partial charge is 0.493 e. The average Bonchev–Trinajstić information content (AvgIpc) is 3.34. The summed E-state index contributed by atoms with van der Waals surface area (Å²) in [6.07, 6.45) is 6.81. The van der Waals surface area contributed by atoms with Gasteiger partial charge in [0.25, 0.3) is 5.95 Å². The molecule has 0 aliphatic rings. The predicted molar refractivity (Wildman–Crippen MR) is 152 cm³/mol. The normalized spacial score (nSPS) is 10.4. The van der Waals surface area contributed by atoms with Crippen molar-refractivity contribution in [1.82, 2.24) is 9.97 Å². The Hall–Kier alpha value is -4.09. The fraction of sp³-hybridized carbons (Fsp3) is 0.300. The number of hydrogen-bond donors (Lipinski definition) is 1. The standard InChI is InChI=1S/C29H27ClFN3O4.CH4/c1-19(35)9-7-5-3-4-6-8-10-21-12-14-28(37-21)38-27-16-22-25(17-26(27)36-2)32-18-33-29(22)34-20-11-13-24(31)23(30)15-20;/h11-18H,3-7,9H2,1-2H3,(H,32,33,34);1H4. The van der Waals surface area contributed by atoms with Crippen LogP contribution < -0.4 is 14.8 Å². The fourth-order valence-electron chi connectivity index (χ4n) is 3.75. The van der Waals surface area contributed by atoms with Gasteiger partial charge in [-0.2, -0.15) is 0 Å². The summed E-state index contributed by atoms with van der Waals surface area (Å²) in [4.78, 5) is 19.6. The van der Waals surface area contributed by atoms with Crippen LogP contribution in [-0.4, -0.2) is 22.9 Å². The second-order valence-electron chi connectivity index (χ2n) is 8.64. The molecule has 1 N–H and O–H groups in total. The van der Waals surface area contributed by atoms with E-state index in [1.54, 1.807) is 37.3 Å². The van der Waals surface area contributed by atoms with Gasteiger partial charge in [0.15, 0.2) is 17.3 Å². The summed E-state index contributed by atoms with van der Waals surface area (Å²) in [5.74, 6) is 7.95. The average molecular weight is 552 g/mol. The number of anilines is 2. The maximum Gasteiger partial charge on any atom is 0.291 e. The highest BCUT2D eigenvalue weighted by Crippen LogP contribution is 2.38. The molecule has 9 heteroatoms. The molecule has 0 aliphatic heterocycles. The number of nitrogens with one attached hydrogen (secondary N) is 1. The van der Waals surface area contributed by atoms with Crippen molar-refractivity contribution < 1.29 is 23.1 Å². The SMILES string of the molecule is C.COc1cc2ncnc(Nc3ccc(F)c(Cl)c3)c2cc1Oc1ccc(C#CCCCCCCC(C)=O)o1. The molecule has 0 saturated heterocycles. The van der Waals surface area contributed by atoms with Crippen LogP contribution in [0.3, 0.4) is 0 Å². The number of aromatic nitrogens is 2. The van der Waals surface area contributed by atoms with Gasteiger partial charge in [0.2, 0.25) is 0 Å².